The van der Waals surface area contributed by atoms with E-state index in [0.717, 1.165) is 16.6 Å². The van der Waals surface area contributed by atoms with Crippen molar-refractivity contribution >= 4 is 28.5 Å². The summed E-state index contributed by atoms with van der Waals surface area (Å²) in [5.41, 5.74) is 3.28. The number of aromatic nitrogens is 1. The molecule has 0 spiro atoms. The van der Waals surface area contributed by atoms with E-state index < -0.39 is 0 Å². The number of hydrogen-bond donors (Lipinski definition) is 0. The van der Waals surface area contributed by atoms with Crippen LogP contribution in [0.4, 0.5) is 0 Å². The molecule has 0 unspecified atom stereocenters. The van der Waals surface area contributed by atoms with Crippen LogP contribution in [-0.2, 0) is 4.79 Å². The van der Waals surface area contributed by atoms with E-state index in [2.05, 4.69) is 4.98 Å². The van der Waals surface area contributed by atoms with Crippen LogP contribution < -0.4 is 0 Å². The topological polar surface area (TPSA) is 43.1 Å². The van der Waals surface area contributed by atoms with Crippen molar-refractivity contribution in [1.29, 1.82) is 0 Å². The molecule has 0 amide bonds. The molecule has 0 fully saturated rings. The number of oxazole rings is 1. The van der Waals surface area contributed by atoms with E-state index in [1.807, 2.05) is 37.3 Å². The van der Waals surface area contributed by atoms with Gasteiger partial charge in [0.2, 0.25) is 5.89 Å². The standard InChI is InChI=1S/C17H14ClNO2/c1-10(11(2)20)13-5-8-16-15(9-13)19-17(21-16)12-3-6-14(18)7-4-12/h3-10H,1-2H3/t10-/m0/s1. The molecule has 1 heterocycles. The molecule has 4 heteroatoms. The van der Waals surface area contributed by atoms with Crippen LogP contribution in [0, 0.1) is 0 Å². The Balaban J connectivity index is 2.04. The molecule has 106 valence electrons. The summed E-state index contributed by atoms with van der Waals surface area (Å²) in [6, 6.07) is 13.0. The molecular formula is C17H14ClNO2. The molecule has 0 saturated heterocycles. The molecule has 0 aliphatic heterocycles. The van der Waals surface area contributed by atoms with Gasteiger partial charge in [-0.05, 0) is 48.9 Å². The van der Waals surface area contributed by atoms with E-state index in [0.29, 0.717) is 16.5 Å². The predicted molar refractivity (Wildman–Crippen MR) is 83.6 cm³/mol. The molecule has 21 heavy (non-hydrogen) atoms. The van der Waals surface area contributed by atoms with Gasteiger partial charge >= 0.3 is 0 Å². The van der Waals surface area contributed by atoms with Crippen LogP contribution in [0.3, 0.4) is 0 Å². The molecule has 0 saturated carbocycles. The van der Waals surface area contributed by atoms with E-state index in [9.17, 15) is 4.79 Å². The first-order valence-corrected chi connectivity index (χ1v) is 7.09. The summed E-state index contributed by atoms with van der Waals surface area (Å²) in [5, 5.41) is 0.674. The minimum absolute atomic E-state index is 0.134. The minimum Gasteiger partial charge on any atom is -0.436 e. The van der Waals surface area contributed by atoms with Gasteiger partial charge in [0.15, 0.2) is 5.58 Å². The SMILES string of the molecule is CC(=O)[C@H](C)c1ccc2oc(-c3ccc(Cl)cc3)nc2c1. The molecule has 3 aromatic rings. The lowest BCUT2D eigenvalue weighted by molar-refractivity contribution is -0.118. The Morgan fingerprint density at radius 2 is 1.90 bits per heavy atom. The Labute approximate surface area is 127 Å². The second-order valence-electron chi connectivity index (χ2n) is 5.09. The van der Waals surface area contributed by atoms with Gasteiger partial charge in [-0.25, -0.2) is 4.98 Å². The fourth-order valence-corrected chi connectivity index (χ4v) is 2.29. The number of hydrogen-bond acceptors (Lipinski definition) is 3. The molecule has 0 N–H and O–H groups in total. The van der Waals surface area contributed by atoms with E-state index in [4.69, 9.17) is 16.0 Å². The molecule has 0 aliphatic rings. The van der Waals surface area contributed by atoms with Crippen LogP contribution >= 0.6 is 11.6 Å². The van der Waals surface area contributed by atoms with Gasteiger partial charge in [-0.1, -0.05) is 24.6 Å². The van der Waals surface area contributed by atoms with Gasteiger partial charge in [0, 0.05) is 16.5 Å². The molecule has 0 radical (unpaired) electrons. The quantitative estimate of drug-likeness (QED) is 0.695. The summed E-state index contributed by atoms with van der Waals surface area (Å²) in [7, 11) is 0. The van der Waals surface area contributed by atoms with Gasteiger partial charge in [0.25, 0.3) is 0 Å². The Morgan fingerprint density at radius 3 is 2.57 bits per heavy atom. The van der Waals surface area contributed by atoms with Crippen molar-refractivity contribution in [2.24, 2.45) is 0 Å². The van der Waals surface area contributed by atoms with Crippen molar-refractivity contribution in [3.8, 4) is 11.5 Å². The second kappa shape index (κ2) is 5.34. The Bertz CT molecular complexity index is 805. The molecule has 1 atom stereocenters. The first-order valence-electron chi connectivity index (χ1n) is 6.71. The largest absolute Gasteiger partial charge is 0.436 e. The molecule has 2 aromatic carbocycles. The van der Waals surface area contributed by atoms with Crippen LogP contribution in [-0.4, -0.2) is 10.8 Å². The predicted octanol–water partition coefficient (Wildman–Crippen LogP) is 4.84. The number of fused-ring (bicyclic) bond motifs is 1. The smallest absolute Gasteiger partial charge is 0.227 e. The van der Waals surface area contributed by atoms with Gasteiger partial charge in [-0.15, -0.1) is 0 Å². The number of Topliss-reactive ketones (excluding diaryl/α,β-unsaturated/α-hetero) is 1. The lowest BCUT2D eigenvalue weighted by atomic mass is 9.97. The second-order valence-corrected chi connectivity index (χ2v) is 5.52. The van der Waals surface area contributed by atoms with Gasteiger partial charge < -0.3 is 4.42 Å². The fraction of sp³-hybridized carbons (Fsp3) is 0.176. The van der Waals surface area contributed by atoms with Gasteiger partial charge in [0.05, 0.1) is 0 Å². The summed E-state index contributed by atoms with van der Waals surface area (Å²) in [4.78, 5) is 16.0. The van der Waals surface area contributed by atoms with Crippen molar-refractivity contribution in [3.05, 3.63) is 53.1 Å². The highest BCUT2D eigenvalue weighted by atomic mass is 35.5. The molecule has 0 aliphatic carbocycles. The van der Waals surface area contributed by atoms with E-state index in [1.165, 1.54) is 0 Å². The molecule has 3 rings (SSSR count). The number of carbonyl (C=O) groups excluding carboxylic acids is 1. The summed E-state index contributed by atoms with van der Waals surface area (Å²) in [6.07, 6.45) is 0. The number of halogens is 1. The van der Waals surface area contributed by atoms with Crippen molar-refractivity contribution in [1.82, 2.24) is 4.98 Å². The molecule has 1 aromatic heterocycles. The zero-order valence-electron chi connectivity index (χ0n) is 11.8. The minimum atomic E-state index is -0.134. The Morgan fingerprint density at radius 1 is 1.19 bits per heavy atom. The van der Waals surface area contributed by atoms with Crippen LogP contribution in [0.25, 0.3) is 22.6 Å². The normalized spacial score (nSPS) is 12.5. The lowest BCUT2D eigenvalue weighted by Gasteiger charge is -2.06. The van der Waals surface area contributed by atoms with Crippen molar-refractivity contribution in [3.63, 3.8) is 0 Å². The maximum absolute atomic E-state index is 11.5. The lowest BCUT2D eigenvalue weighted by Crippen LogP contribution is -2.03. The number of benzene rings is 2. The van der Waals surface area contributed by atoms with Crippen molar-refractivity contribution < 1.29 is 9.21 Å². The Hall–Kier alpha value is -2.13. The average Bonchev–Trinajstić information content (AvgIpc) is 2.89. The van der Waals surface area contributed by atoms with Crippen LogP contribution in [0.15, 0.2) is 46.9 Å². The van der Waals surface area contributed by atoms with Crippen molar-refractivity contribution in [2.45, 2.75) is 19.8 Å². The van der Waals surface area contributed by atoms with Gasteiger partial charge in [-0.3, -0.25) is 4.79 Å². The number of nitrogens with zero attached hydrogens (tertiary/aromatic N) is 1. The van der Waals surface area contributed by atoms with E-state index in [1.54, 1.807) is 19.1 Å². The van der Waals surface area contributed by atoms with E-state index in [-0.39, 0.29) is 11.7 Å². The highest BCUT2D eigenvalue weighted by molar-refractivity contribution is 6.30. The molecule has 0 bridgehead atoms. The molecular weight excluding hydrogens is 286 g/mol. The highest BCUT2D eigenvalue weighted by Crippen LogP contribution is 2.27. The first-order chi connectivity index (χ1) is 10.0. The maximum atomic E-state index is 11.5. The summed E-state index contributed by atoms with van der Waals surface area (Å²) >= 11 is 5.88. The summed E-state index contributed by atoms with van der Waals surface area (Å²) < 4.78 is 5.75. The molecule has 3 nitrogen and oxygen atoms in total. The highest BCUT2D eigenvalue weighted by Gasteiger charge is 2.14. The number of rotatable bonds is 3. The Kier molecular flexibility index (Phi) is 3.52. The fourth-order valence-electron chi connectivity index (χ4n) is 2.16. The van der Waals surface area contributed by atoms with E-state index >= 15 is 0 Å². The monoisotopic (exact) mass is 299 g/mol. The number of ketones is 1. The maximum Gasteiger partial charge on any atom is 0.227 e. The zero-order valence-corrected chi connectivity index (χ0v) is 12.5. The third kappa shape index (κ3) is 2.69. The summed E-state index contributed by atoms with van der Waals surface area (Å²) in [6.45, 7) is 3.49. The third-order valence-corrected chi connectivity index (χ3v) is 3.86. The van der Waals surface area contributed by atoms with Gasteiger partial charge in [-0.2, -0.15) is 0 Å². The third-order valence-electron chi connectivity index (χ3n) is 3.61. The van der Waals surface area contributed by atoms with Crippen molar-refractivity contribution in [2.75, 3.05) is 0 Å². The zero-order chi connectivity index (χ0) is 15.0. The van der Waals surface area contributed by atoms with Crippen LogP contribution in [0.1, 0.15) is 25.3 Å². The van der Waals surface area contributed by atoms with Gasteiger partial charge in [0.1, 0.15) is 11.3 Å². The first kappa shape index (κ1) is 13.8. The van der Waals surface area contributed by atoms with Crippen LogP contribution in [0.5, 0.6) is 0 Å². The number of carbonyl (C=O) groups is 1. The summed E-state index contributed by atoms with van der Waals surface area (Å²) in [5.74, 6) is 0.551. The average molecular weight is 300 g/mol. The van der Waals surface area contributed by atoms with Crippen LogP contribution in [0.2, 0.25) is 5.02 Å².